The first-order chi connectivity index (χ1) is 12.2. The van der Waals surface area contributed by atoms with Crippen molar-refractivity contribution in [3.8, 4) is 0 Å². The average Bonchev–Trinajstić information content (AvgIpc) is 3.25. The zero-order valence-electron chi connectivity index (χ0n) is 15.0. The molecule has 0 aliphatic heterocycles. The molecule has 0 fully saturated rings. The third kappa shape index (κ3) is 4.39. The molecule has 0 spiro atoms. The van der Waals surface area contributed by atoms with E-state index in [9.17, 15) is 0 Å². The smallest absolute Gasteiger partial charge is 0.191 e. The number of guanidine groups is 1. The molecule has 3 heterocycles. The molecular formula is C19H25N5S. The summed E-state index contributed by atoms with van der Waals surface area (Å²) in [6.07, 6.45) is 6.09. The second-order valence-electron chi connectivity index (χ2n) is 5.98. The minimum absolute atomic E-state index is 0.799. The van der Waals surface area contributed by atoms with Gasteiger partial charge in [-0.25, -0.2) is 4.98 Å². The van der Waals surface area contributed by atoms with Crippen molar-refractivity contribution in [2.75, 3.05) is 13.6 Å². The zero-order chi connectivity index (χ0) is 17.6. The minimum atomic E-state index is 0.799. The van der Waals surface area contributed by atoms with E-state index in [1.54, 1.807) is 7.05 Å². The van der Waals surface area contributed by atoms with Gasteiger partial charge in [0.1, 0.15) is 5.65 Å². The Morgan fingerprint density at radius 2 is 2.08 bits per heavy atom. The molecule has 3 rings (SSSR count). The van der Waals surface area contributed by atoms with Crippen LogP contribution in [-0.4, -0.2) is 28.9 Å². The Kier molecular flexibility index (Phi) is 5.71. The van der Waals surface area contributed by atoms with E-state index < -0.39 is 0 Å². The minimum Gasteiger partial charge on any atom is -0.356 e. The molecule has 2 N–H and O–H groups in total. The first-order valence-electron chi connectivity index (χ1n) is 8.65. The van der Waals surface area contributed by atoms with Gasteiger partial charge in [-0.15, -0.1) is 11.3 Å². The van der Waals surface area contributed by atoms with Crippen LogP contribution in [0, 0.1) is 6.92 Å². The Morgan fingerprint density at radius 1 is 1.24 bits per heavy atom. The highest BCUT2D eigenvalue weighted by molar-refractivity contribution is 7.11. The number of nitrogens with one attached hydrogen (secondary N) is 2. The number of rotatable bonds is 6. The molecule has 6 heteroatoms. The lowest BCUT2D eigenvalue weighted by Crippen LogP contribution is -2.37. The second-order valence-corrected chi connectivity index (χ2v) is 7.23. The van der Waals surface area contributed by atoms with E-state index >= 15 is 0 Å². The molecule has 5 nitrogen and oxygen atoms in total. The van der Waals surface area contributed by atoms with Crippen LogP contribution in [0.2, 0.25) is 0 Å². The molecule has 0 aliphatic rings. The van der Waals surface area contributed by atoms with Crippen LogP contribution >= 0.6 is 11.3 Å². The monoisotopic (exact) mass is 355 g/mol. The SMILES string of the molecule is CCc1ccc(CNC(=NC)NCCc2cn3cccc(C)c3n2)s1. The number of aliphatic imine (C=N–C) groups is 1. The number of hydrogen-bond acceptors (Lipinski definition) is 3. The Balaban J connectivity index is 1.49. The van der Waals surface area contributed by atoms with E-state index in [2.05, 4.69) is 58.3 Å². The second kappa shape index (κ2) is 8.16. The van der Waals surface area contributed by atoms with Gasteiger partial charge in [0.2, 0.25) is 0 Å². The number of aryl methyl sites for hydroxylation is 2. The van der Waals surface area contributed by atoms with Crippen molar-refractivity contribution in [1.29, 1.82) is 0 Å². The quantitative estimate of drug-likeness (QED) is 0.527. The van der Waals surface area contributed by atoms with Crippen LogP contribution in [0.1, 0.15) is 27.9 Å². The fourth-order valence-corrected chi connectivity index (χ4v) is 3.63. The van der Waals surface area contributed by atoms with Crippen molar-refractivity contribution < 1.29 is 0 Å². The van der Waals surface area contributed by atoms with Gasteiger partial charge >= 0.3 is 0 Å². The maximum Gasteiger partial charge on any atom is 0.191 e. The van der Waals surface area contributed by atoms with E-state index in [0.717, 1.165) is 43.2 Å². The van der Waals surface area contributed by atoms with Crippen LogP contribution in [0.5, 0.6) is 0 Å². The molecule has 0 saturated carbocycles. The van der Waals surface area contributed by atoms with E-state index in [1.165, 1.54) is 15.3 Å². The number of pyridine rings is 1. The molecule has 0 aliphatic carbocycles. The summed E-state index contributed by atoms with van der Waals surface area (Å²) in [5.41, 5.74) is 3.31. The van der Waals surface area contributed by atoms with Crippen LogP contribution in [0.25, 0.3) is 5.65 Å². The molecule has 0 unspecified atom stereocenters. The molecule has 0 radical (unpaired) electrons. The summed E-state index contributed by atoms with van der Waals surface area (Å²) in [5.74, 6) is 0.825. The van der Waals surface area contributed by atoms with Gasteiger partial charge < -0.3 is 15.0 Å². The van der Waals surface area contributed by atoms with Crippen molar-refractivity contribution in [3.05, 3.63) is 57.7 Å². The van der Waals surface area contributed by atoms with Crippen molar-refractivity contribution in [3.63, 3.8) is 0 Å². The van der Waals surface area contributed by atoms with Gasteiger partial charge in [0.15, 0.2) is 5.96 Å². The number of fused-ring (bicyclic) bond motifs is 1. The predicted octanol–water partition coefficient (Wildman–Crippen LogP) is 3.17. The summed E-state index contributed by atoms with van der Waals surface area (Å²) in [7, 11) is 1.80. The summed E-state index contributed by atoms with van der Waals surface area (Å²) in [6, 6.07) is 8.52. The van der Waals surface area contributed by atoms with Crippen molar-refractivity contribution in [2.45, 2.75) is 33.2 Å². The summed E-state index contributed by atoms with van der Waals surface area (Å²) in [5, 5.41) is 6.73. The third-order valence-electron chi connectivity index (χ3n) is 4.12. The molecule has 3 aromatic rings. The molecule has 132 valence electrons. The maximum absolute atomic E-state index is 4.71. The first kappa shape index (κ1) is 17.5. The molecule has 0 atom stereocenters. The molecule has 25 heavy (non-hydrogen) atoms. The summed E-state index contributed by atoms with van der Waals surface area (Å²) < 4.78 is 2.08. The standard InChI is InChI=1S/C19H25N5S/c1-4-16-7-8-17(25-16)12-22-19(20-3)21-10-9-15-13-24-11-5-6-14(2)18(24)23-15/h5-8,11,13H,4,9-10,12H2,1-3H3,(H2,20,21,22). The third-order valence-corrected chi connectivity index (χ3v) is 5.35. The normalized spacial score (nSPS) is 11.9. The van der Waals surface area contributed by atoms with Crippen LogP contribution in [0.15, 0.2) is 41.7 Å². The highest BCUT2D eigenvalue weighted by Crippen LogP contribution is 2.16. The molecule has 0 bridgehead atoms. The van der Waals surface area contributed by atoms with E-state index in [0.29, 0.717) is 0 Å². The summed E-state index contributed by atoms with van der Waals surface area (Å²) in [6.45, 7) is 5.88. The van der Waals surface area contributed by atoms with E-state index in [4.69, 9.17) is 4.98 Å². The number of thiophene rings is 1. The molecular weight excluding hydrogens is 330 g/mol. The lowest BCUT2D eigenvalue weighted by Gasteiger charge is -2.10. The van der Waals surface area contributed by atoms with Gasteiger partial charge in [-0.2, -0.15) is 0 Å². The highest BCUT2D eigenvalue weighted by atomic mass is 32.1. The molecule has 0 aromatic carbocycles. The fourth-order valence-electron chi connectivity index (χ4n) is 2.73. The Hall–Kier alpha value is -2.34. The van der Waals surface area contributed by atoms with Crippen LogP contribution < -0.4 is 10.6 Å². The van der Waals surface area contributed by atoms with Crippen molar-refractivity contribution in [1.82, 2.24) is 20.0 Å². The van der Waals surface area contributed by atoms with Gasteiger partial charge in [0.05, 0.1) is 12.2 Å². The highest BCUT2D eigenvalue weighted by Gasteiger charge is 2.05. The molecule has 3 aromatic heterocycles. The predicted molar refractivity (Wildman–Crippen MR) is 106 cm³/mol. The maximum atomic E-state index is 4.71. The van der Waals surface area contributed by atoms with E-state index in [1.807, 2.05) is 23.6 Å². The van der Waals surface area contributed by atoms with Gasteiger partial charge in [0, 0.05) is 42.2 Å². The Bertz CT molecular complexity index is 862. The lowest BCUT2D eigenvalue weighted by atomic mass is 10.3. The zero-order valence-corrected chi connectivity index (χ0v) is 15.9. The number of aromatic nitrogens is 2. The fraction of sp³-hybridized carbons (Fsp3) is 0.368. The number of hydrogen-bond donors (Lipinski definition) is 2. The Labute approximate surface area is 152 Å². The topological polar surface area (TPSA) is 53.7 Å². The summed E-state index contributed by atoms with van der Waals surface area (Å²) in [4.78, 5) is 11.7. The van der Waals surface area contributed by atoms with Crippen LogP contribution in [0.4, 0.5) is 0 Å². The molecule has 0 saturated heterocycles. The Morgan fingerprint density at radius 3 is 2.80 bits per heavy atom. The van der Waals surface area contributed by atoms with Gasteiger partial charge in [0.25, 0.3) is 0 Å². The van der Waals surface area contributed by atoms with Gasteiger partial charge in [-0.3, -0.25) is 4.99 Å². The van der Waals surface area contributed by atoms with E-state index in [-0.39, 0.29) is 0 Å². The lowest BCUT2D eigenvalue weighted by molar-refractivity contribution is 0.791. The number of nitrogens with zero attached hydrogens (tertiary/aromatic N) is 3. The average molecular weight is 356 g/mol. The van der Waals surface area contributed by atoms with Gasteiger partial charge in [-0.1, -0.05) is 13.0 Å². The van der Waals surface area contributed by atoms with Crippen molar-refractivity contribution >= 4 is 22.9 Å². The molecule has 0 amide bonds. The summed E-state index contributed by atoms with van der Waals surface area (Å²) >= 11 is 1.85. The largest absolute Gasteiger partial charge is 0.356 e. The van der Waals surface area contributed by atoms with Crippen LogP contribution in [-0.2, 0) is 19.4 Å². The van der Waals surface area contributed by atoms with Crippen molar-refractivity contribution in [2.24, 2.45) is 4.99 Å². The van der Waals surface area contributed by atoms with Crippen LogP contribution in [0.3, 0.4) is 0 Å². The number of imidazole rings is 1. The first-order valence-corrected chi connectivity index (χ1v) is 9.46. The van der Waals surface area contributed by atoms with Gasteiger partial charge in [-0.05, 0) is 37.1 Å².